The third-order valence-corrected chi connectivity index (χ3v) is 7.21. The molecule has 27 heavy (non-hydrogen) atoms. The van der Waals surface area contributed by atoms with Crippen LogP contribution in [0.25, 0.3) is 0 Å². The van der Waals surface area contributed by atoms with Gasteiger partial charge in [-0.15, -0.1) is 0 Å². The van der Waals surface area contributed by atoms with Gasteiger partial charge in [-0.25, -0.2) is 0 Å². The van der Waals surface area contributed by atoms with Crippen LogP contribution in [0.3, 0.4) is 0 Å². The summed E-state index contributed by atoms with van der Waals surface area (Å²) in [5.74, 6) is 0.499. The molecule has 1 saturated carbocycles. The minimum atomic E-state index is -0.456. The maximum atomic E-state index is 13.8. The largest absolute Gasteiger partial charge is 0.337 e. The van der Waals surface area contributed by atoms with Crippen molar-refractivity contribution in [1.82, 2.24) is 9.80 Å². The molecule has 1 saturated heterocycles. The van der Waals surface area contributed by atoms with E-state index in [-0.39, 0.29) is 11.8 Å². The smallest absolute Gasteiger partial charge is 0.235 e. The second-order valence-electron chi connectivity index (χ2n) is 8.66. The van der Waals surface area contributed by atoms with Crippen LogP contribution in [0.2, 0.25) is 0 Å². The third-order valence-electron chi connectivity index (χ3n) is 7.21. The number of hydrogen-bond acceptors (Lipinski definition) is 2. The molecule has 1 aromatic carbocycles. The Morgan fingerprint density at radius 3 is 2.63 bits per heavy atom. The fourth-order valence-electron chi connectivity index (χ4n) is 5.79. The van der Waals surface area contributed by atoms with Crippen molar-refractivity contribution in [2.75, 3.05) is 6.54 Å². The molecular formula is C23H28N2O2. The van der Waals surface area contributed by atoms with Crippen LogP contribution in [-0.2, 0) is 22.6 Å². The van der Waals surface area contributed by atoms with Gasteiger partial charge in [-0.05, 0) is 49.7 Å². The molecule has 2 fully saturated rings. The molecule has 0 bridgehead atoms. The van der Waals surface area contributed by atoms with Crippen molar-refractivity contribution in [3.63, 3.8) is 0 Å². The Bertz CT molecular complexity index is 808. The fraction of sp³-hybridized carbons (Fsp3) is 0.565. The van der Waals surface area contributed by atoms with Gasteiger partial charge in [-0.1, -0.05) is 43.2 Å². The lowest BCUT2D eigenvalue weighted by atomic mass is 9.74. The number of hydrogen-bond donors (Lipinski definition) is 0. The van der Waals surface area contributed by atoms with Crippen LogP contribution in [-0.4, -0.2) is 34.2 Å². The minimum Gasteiger partial charge on any atom is -0.337 e. The molecule has 0 N–H and O–H groups in total. The Morgan fingerprint density at radius 1 is 1.04 bits per heavy atom. The summed E-state index contributed by atoms with van der Waals surface area (Å²) in [6, 6.07) is 8.79. The second kappa shape index (κ2) is 6.50. The fourth-order valence-corrected chi connectivity index (χ4v) is 5.79. The number of carbonyl (C=O) groups is 2. The molecule has 1 atom stereocenters. The van der Waals surface area contributed by atoms with Gasteiger partial charge >= 0.3 is 0 Å². The lowest BCUT2D eigenvalue weighted by molar-refractivity contribution is -0.148. The molecule has 4 nitrogen and oxygen atoms in total. The van der Waals surface area contributed by atoms with E-state index in [0.717, 1.165) is 44.3 Å². The molecule has 1 unspecified atom stereocenters. The highest BCUT2D eigenvalue weighted by atomic mass is 16.2. The van der Waals surface area contributed by atoms with E-state index >= 15 is 0 Å². The zero-order valence-electron chi connectivity index (χ0n) is 16.0. The maximum Gasteiger partial charge on any atom is 0.235 e. The van der Waals surface area contributed by atoms with E-state index in [4.69, 9.17) is 0 Å². The summed E-state index contributed by atoms with van der Waals surface area (Å²) in [4.78, 5) is 30.7. The van der Waals surface area contributed by atoms with Gasteiger partial charge in [0.05, 0.1) is 5.41 Å². The first-order valence-electron chi connectivity index (χ1n) is 10.6. The molecule has 2 aliphatic carbocycles. The van der Waals surface area contributed by atoms with Gasteiger partial charge in [-0.3, -0.25) is 9.59 Å². The van der Waals surface area contributed by atoms with Crippen molar-refractivity contribution >= 4 is 11.8 Å². The zero-order valence-corrected chi connectivity index (χ0v) is 16.0. The van der Waals surface area contributed by atoms with Crippen molar-refractivity contribution in [1.29, 1.82) is 0 Å². The number of nitrogens with zero attached hydrogens (tertiary/aromatic N) is 2. The van der Waals surface area contributed by atoms with Crippen molar-refractivity contribution in [3.8, 4) is 0 Å². The van der Waals surface area contributed by atoms with Gasteiger partial charge in [0, 0.05) is 31.2 Å². The van der Waals surface area contributed by atoms with Gasteiger partial charge < -0.3 is 9.80 Å². The Labute approximate surface area is 161 Å². The Hall–Kier alpha value is -2.10. The molecule has 142 valence electrons. The molecule has 2 heterocycles. The zero-order chi connectivity index (χ0) is 18.4. The topological polar surface area (TPSA) is 40.6 Å². The van der Waals surface area contributed by atoms with Gasteiger partial charge in [-0.2, -0.15) is 0 Å². The highest BCUT2D eigenvalue weighted by Crippen LogP contribution is 2.51. The van der Waals surface area contributed by atoms with Crippen LogP contribution in [0.1, 0.15) is 62.5 Å². The van der Waals surface area contributed by atoms with Crippen molar-refractivity contribution in [2.45, 2.75) is 70.4 Å². The first-order chi connectivity index (χ1) is 13.2. The average molecular weight is 364 g/mol. The van der Waals surface area contributed by atoms with Crippen LogP contribution < -0.4 is 0 Å². The van der Waals surface area contributed by atoms with Crippen LogP contribution in [0.5, 0.6) is 0 Å². The second-order valence-corrected chi connectivity index (χ2v) is 8.66. The van der Waals surface area contributed by atoms with Crippen LogP contribution in [0, 0.1) is 5.41 Å². The molecule has 4 heteroatoms. The van der Waals surface area contributed by atoms with Crippen molar-refractivity contribution in [3.05, 3.63) is 47.2 Å². The third kappa shape index (κ3) is 2.64. The van der Waals surface area contributed by atoms with E-state index in [1.807, 2.05) is 0 Å². The summed E-state index contributed by atoms with van der Waals surface area (Å²) in [5.41, 5.74) is 3.24. The summed E-state index contributed by atoms with van der Waals surface area (Å²) >= 11 is 0. The predicted molar refractivity (Wildman–Crippen MR) is 104 cm³/mol. The molecule has 1 aromatic rings. The number of likely N-dealkylation sites (tertiary alicyclic amines) is 1. The molecule has 0 radical (unpaired) electrons. The lowest BCUT2D eigenvalue weighted by Gasteiger charge is -2.46. The quantitative estimate of drug-likeness (QED) is 0.801. The van der Waals surface area contributed by atoms with Crippen LogP contribution >= 0.6 is 0 Å². The summed E-state index contributed by atoms with van der Waals surface area (Å²) in [5, 5.41) is 0. The number of rotatable bonds is 2. The van der Waals surface area contributed by atoms with Gasteiger partial charge in [0.1, 0.15) is 0 Å². The highest BCUT2D eigenvalue weighted by molar-refractivity contribution is 5.92. The molecule has 4 aliphatic rings. The van der Waals surface area contributed by atoms with E-state index < -0.39 is 5.41 Å². The minimum absolute atomic E-state index is 0.238. The molecular weight excluding hydrogens is 336 g/mol. The molecule has 5 rings (SSSR count). The number of allylic oxidation sites excluding steroid dienone is 1. The molecule has 0 spiro atoms. The maximum absolute atomic E-state index is 13.8. The Balaban J connectivity index is 1.44. The van der Waals surface area contributed by atoms with Gasteiger partial charge in [0.25, 0.3) is 0 Å². The predicted octanol–water partition coefficient (Wildman–Crippen LogP) is 3.80. The molecule has 2 amide bonds. The Kier molecular flexibility index (Phi) is 4.10. The highest BCUT2D eigenvalue weighted by Gasteiger charge is 2.53. The number of benzene rings is 1. The van der Waals surface area contributed by atoms with Gasteiger partial charge in [0.2, 0.25) is 11.8 Å². The number of fused-ring (bicyclic) bond motifs is 2. The summed E-state index contributed by atoms with van der Waals surface area (Å²) in [7, 11) is 0. The first-order valence-corrected chi connectivity index (χ1v) is 10.6. The van der Waals surface area contributed by atoms with E-state index in [2.05, 4.69) is 40.1 Å². The average Bonchev–Trinajstić information content (AvgIpc) is 3.37. The molecule has 2 aliphatic heterocycles. The first kappa shape index (κ1) is 17.0. The van der Waals surface area contributed by atoms with Crippen LogP contribution in [0.15, 0.2) is 36.0 Å². The summed E-state index contributed by atoms with van der Waals surface area (Å²) in [6.45, 7) is 1.50. The summed E-state index contributed by atoms with van der Waals surface area (Å²) in [6.07, 6.45) is 10.7. The number of carbonyl (C=O) groups excluding carboxylic acids is 2. The molecule has 0 aromatic heterocycles. The van der Waals surface area contributed by atoms with E-state index in [1.165, 1.54) is 24.0 Å². The van der Waals surface area contributed by atoms with E-state index in [1.54, 1.807) is 0 Å². The lowest BCUT2D eigenvalue weighted by Crippen LogP contribution is -2.54. The Morgan fingerprint density at radius 2 is 1.81 bits per heavy atom. The number of amides is 2. The summed E-state index contributed by atoms with van der Waals surface area (Å²) < 4.78 is 0. The van der Waals surface area contributed by atoms with Gasteiger partial charge in [0.15, 0.2) is 0 Å². The van der Waals surface area contributed by atoms with Crippen LogP contribution in [0.4, 0.5) is 0 Å². The monoisotopic (exact) mass is 364 g/mol. The number of piperidine rings is 1. The van der Waals surface area contributed by atoms with E-state index in [9.17, 15) is 9.59 Å². The van der Waals surface area contributed by atoms with E-state index in [0.29, 0.717) is 25.4 Å². The SMILES string of the molecule is O=C1CCC2(C(=O)N3CCc4ccccc4C3)CCC=C2N1C1CCCC1. The van der Waals surface area contributed by atoms with Crippen molar-refractivity contribution < 1.29 is 9.59 Å². The van der Waals surface area contributed by atoms with Crippen molar-refractivity contribution in [2.24, 2.45) is 5.41 Å². The standard InChI is InChI=1S/C23H28N2O2/c26-21-11-14-23(13-5-10-20(23)25(21)19-8-3-4-9-19)22(27)24-15-12-17-6-1-2-7-18(17)16-24/h1-2,6-7,10,19H,3-5,8-9,11-16H2. The normalized spacial score (nSPS) is 28.1.